The second-order valence-electron chi connectivity index (χ2n) is 5.41. The SMILES string of the molecule is COc1ccc(CCNC(=O)C(C(=O)O)c2ccccc2)cc1OC. The van der Waals surface area contributed by atoms with Crippen LogP contribution in [0.2, 0.25) is 0 Å². The average Bonchev–Trinajstić information content (AvgIpc) is 2.62. The third-order valence-corrected chi connectivity index (χ3v) is 3.80. The number of methoxy groups -OCH3 is 2. The van der Waals surface area contributed by atoms with Gasteiger partial charge in [-0.1, -0.05) is 36.4 Å². The van der Waals surface area contributed by atoms with Crippen molar-refractivity contribution in [1.82, 2.24) is 5.32 Å². The van der Waals surface area contributed by atoms with Gasteiger partial charge in [-0.15, -0.1) is 0 Å². The maximum absolute atomic E-state index is 12.3. The van der Waals surface area contributed by atoms with E-state index >= 15 is 0 Å². The van der Waals surface area contributed by atoms with Gasteiger partial charge in [0.1, 0.15) is 0 Å². The Labute approximate surface area is 146 Å². The van der Waals surface area contributed by atoms with E-state index in [1.807, 2.05) is 12.1 Å². The molecule has 1 atom stereocenters. The highest BCUT2D eigenvalue weighted by molar-refractivity contribution is 6.02. The summed E-state index contributed by atoms with van der Waals surface area (Å²) in [5.74, 6) is -1.68. The molecule has 6 heteroatoms. The van der Waals surface area contributed by atoms with E-state index in [2.05, 4.69) is 5.32 Å². The number of nitrogens with one attached hydrogen (secondary N) is 1. The molecule has 2 aromatic carbocycles. The second kappa shape index (κ2) is 8.73. The third-order valence-electron chi connectivity index (χ3n) is 3.80. The van der Waals surface area contributed by atoms with Gasteiger partial charge in [-0.05, 0) is 29.7 Å². The Morgan fingerprint density at radius 3 is 2.32 bits per heavy atom. The van der Waals surface area contributed by atoms with Gasteiger partial charge in [0, 0.05) is 6.54 Å². The van der Waals surface area contributed by atoms with Crippen molar-refractivity contribution in [1.29, 1.82) is 0 Å². The summed E-state index contributed by atoms with van der Waals surface area (Å²) in [5, 5.41) is 12.0. The molecule has 0 fully saturated rings. The third kappa shape index (κ3) is 4.73. The molecule has 0 saturated carbocycles. The van der Waals surface area contributed by atoms with Crippen molar-refractivity contribution < 1.29 is 24.2 Å². The minimum Gasteiger partial charge on any atom is -0.493 e. The van der Waals surface area contributed by atoms with Gasteiger partial charge in [-0.2, -0.15) is 0 Å². The van der Waals surface area contributed by atoms with Crippen LogP contribution in [-0.4, -0.2) is 37.7 Å². The lowest BCUT2D eigenvalue weighted by Gasteiger charge is -2.14. The summed E-state index contributed by atoms with van der Waals surface area (Å²) < 4.78 is 10.4. The Hall–Kier alpha value is -3.02. The largest absolute Gasteiger partial charge is 0.493 e. The molecule has 0 spiro atoms. The molecule has 0 bridgehead atoms. The van der Waals surface area contributed by atoms with E-state index in [1.165, 1.54) is 0 Å². The van der Waals surface area contributed by atoms with Gasteiger partial charge in [0.2, 0.25) is 5.91 Å². The minimum absolute atomic E-state index is 0.324. The number of rotatable bonds is 8. The Bertz CT molecular complexity index is 730. The van der Waals surface area contributed by atoms with E-state index in [0.29, 0.717) is 30.0 Å². The maximum Gasteiger partial charge on any atom is 0.320 e. The van der Waals surface area contributed by atoms with Crippen molar-refractivity contribution in [3.63, 3.8) is 0 Å². The van der Waals surface area contributed by atoms with Gasteiger partial charge in [-0.25, -0.2) is 0 Å². The first-order valence-electron chi connectivity index (χ1n) is 7.83. The van der Waals surface area contributed by atoms with E-state index in [-0.39, 0.29) is 0 Å². The lowest BCUT2D eigenvalue weighted by molar-refractivity contribution is -0.143. The molecule has 0 radical (unpaired) electrons. The molecule has 0 aliphatic carbocycles. The zero-order valence-electron chi connectivity index (χ0n) is 14.2. The molecule has 2 N–H and O–H groups in total. The van der Waals surface area contributed by atoms with E-state index in [0.717, 1.165) is 5.56 Å². The highest BCUT2D eigenvalue weighted by atomic mass is 16.5. The zero-order chi connectivity index (χ0) is 18.2. The fourth-order valence-electron chi connectivity index (χ4n) is 2.52. The van der Waals surface area contributed by atoms with Crippen LogP contribution in [0.25, 0.3) is 0 Å². The highest BCUT2D eigenvalue weighted by Crippen LogP contribution is 2.27. The van der Waals surface area contributed by atoms with Crippen molar-refractivity contribution in [2.45, 2.75) is 12.3 Å². The van der Waals surface area contributed by atoms with Crippen LogP contribution in [0.1, 0.15) is 17.0 Å². The first kappa shape index (κ1) is 18.3. The molecular formula is C19H21NO5. The van der Waals surface area contributed by atoms with Crippen LogP contribution in [0.4, 0.5) is 0 Å². The zero-order valence-corrected chi connectivity index (χ0v) is 14.2. The Balaban J connectivity index is 1.98. The molecule has 2 aromatic rings. The molecule has 1 amide bonds. The minimum atomic E-state index is -1.22. The maximum atomic E-state index is 12.3. The Morgan fingerprint density at radius 1 is 1.04 bits per heavy atom. The van der Waals surface area contributed by atoms with Crippen LogP contribution in [0.15, 0.2) is 48.5 Å². The fourth-order valence-corrected chi connectivity index (χ4v) is 2.52. The predicted molar refractivity (Wildman–Crippen MR) is 93.1 cm³/mol. The van der Waals surface area contributed by atoms with Gasteiger partial charge in [0.15, 0.2) is 17.4 Å². The highest BCUT2D eigenvalue weighted by Gasteiger charge is 2.27. The number of carboxylic acids is 1. The predicted octanol–water partition coefficient (Wildman–Crippen LogP) is 2.23. The lowest BCUT2D eigenvalue weighted by atomic mass is 9.98. The Morgan fingerprint density at radius 2 is 1.72 bits per heavy atom. The topological polar surface area (TPSA) is 84.9 Å². The van der Waals surface area contributed by atoms with Gasteiger partial charge >= 0.3 is 5.97 Å². The molecule has 0 heterocycles. The fraction of sp³-hybridized carbons (Fsp3) is 0.263. The van der Waals surface area contributed by atoms with Crippen molar-refractivity contribution in [3.05, 3.63) is 59.7 Å². The molecule has 0 aromatic heterocycles. The van der Waals surface area contributed by atoms with Crippen molar-refractivity contribution in [2.24, 2.45) is 0 Å². The van der Waals surface area contributed by atoms with E-state index in [9.17, 15) is 14.7 Å². The van der Waals surface area contributed by atoms with Gasteiger partial charge in [0.25, 0.3) is 0 Å². The van der Waals surface area contributed by atoms with Gasteiger partial charge in [0.05, 0.1) is 14.2 Å². The summed E-state index contributed by atoms with van der Waals surface area (Å²) in [4.78, 5) is 23.7. The lowest BCUT2D eigenvalue weighted by Crippen LogP contribution is -2.34. The molecule has 2 rings (SSSR count). The number of ether oxygens (including phenoxy) is 2. The molecule has 1 unspecified atom stereocenters. The Kier molecular flexibility index (Phi) is 6.39. The number of amides is 1. The molecule has 6 nitrogen and oxygen atoms in total. The molecule has 0 aliphatic heterocycles. The molecule has 0 saturated heterocycles. The van der Waals surface area contributed by atoms with Crippen molar-refractivity contribution >= 4 is 11.9 Å². The van der Waals surface area contributed by atoms with E-state index in [4.69, 9.17) is 9.47 Å². The summed E-state index contributed by atoms with van der Waals surface area (Å²) in [6.07, 6.45) is 0.549. The van der Waals surface area contributed by atoms with E-state index in [1.54, 1.807) is 50.6 Å². The molecular weight excluding hydrogens is 322 g/mol. The number of carbonyl (C=O) groups excluding carboxylic acids is 1. The van der Waals surface area contributed by atoms with Crippen LogP contribution >= 0.6 is 0 Å². The van der Waals surface area contributed by atoms with Crippen LogP contribution < -0.4 is 14.8 Å². The van der Waals surface area contributed by atoms with Crippen LogP contribution in [0.3, 0.4) is 0 Å². The van der Waals surface area contributed by atoms with Gasteiger partial charge in [-0.3, -0.25) is 9.59 Å². The summed E-state index contributed by atoms with van der Waals surface area (Å²) in [7, 11) is 3.12. The summed E-state index contributed by atoms with van der Waals surface area (Å²) in [5.41, 5.74) is 1.41. The standard InChI is InChI=1S/C19H21NO5/c1-24-15-9-8-13(12-16(15)25-2)10-11-20-18(21)17(19(22)23)14-6-4-3-5-7-14/h3-9,12,17H,10-11H2,1-2H3,(H,20,21)(H,22,23). The molecule has 132 valence electrons. The first-order chi connectivity index (χ1) is 12.1. The van der Waals surface area contributed by atoms with Crippen LogP contribution in [0, 0.1) is 0 Å². The van der Waals surface area contributed by atoms with Gasteiger partial charge < -0.3 is 19.9 Å². The van der Waals surface area contributed by atoms with E-state index < -0.39 is 17.8 Å². The van der Waals surface area contributed by atoms with Crippen molar-refractivity contribution in [2.75, 3.05) is 20.8 Å². The summed E-state index contributed by atoms with van der Waals surface area (Å²) in [6, 6.07) is 14.0. The number of carbonyl (C=O) groups is 2. The number of carboxylic acid groups (broad SMARTS) is 1. The quantitative estimate of drug-likeness (QED) is 0.718. The van der Waals surface area contributed by atoms with Crippen LogP contribution in [-0.2, 0) is 16.0 Å². The molecule has 25 heavy (non-hydrogen) atoms. The van der Waals surface area contributed by atoms with Crippen LogP contribution in [0.5, 0.6) is 11.5 Å². The number of aliphatic carboxylic acids is 1. The number of hydrogen-bond acceptors (Lipinski definition) is 4. The number of hydrogen-bond donors (Lipinski definition) is 2. The second-order valence-corrected chi connectivity index (χ2v) is 5.41. The summed E-state index contributed by atoms with van der Waals surface area (Å²) >= 11 is 0. The number of benzene rings is 2. The monoisotopic (exact) mass is 343 g/mol. The molecule has 0 aliphatic rings. The summed E-state index contributed by atoms with van der Waals surface area (Å²) in [6.45, 7) is 0.324. The first-order valence-corrected chi connectivity index (χ1v) is 7.83. The average molecular weight is 343 g/mol. The van der Waals surface area contributed by atoms with Crippen molar-refractivity contribution in [3.8, 4) is 11.5 Å². The smallest absolute Gasteiger partial charge is 0.320 e. The normalized spacial score (nSPS) is 11.4.